The molecule has 1 heterocycles. The van der Waals surface area contributed by atoms with E-state index in [0.717, 1.165) is 15.9 Å². The van der Waals surface area contributed by atoms with Crippen molar-refractivity contribution in [3.05, 3.63) is 55.4 Å². The quantitative estimate of drug-likeness (QED) is 0.788. The lowest BCUT2D eigenvalue weighted by molar-refractivity contribution is 0.0849. The van der Waals surface area contributed by atoms with Crippen LogP contribution in [0.3, 0.4) is 0 Å². The van der Waals surface area contributed by atoms with Crippen LogP contribution in [0, 0.1) is 5.82 Å². The molecule has 2 N–H and O–H groups in total. The summed E-state index contributed by atoms with van der Waals surface area (Å²) in [5.74, 6) is -1.62. The van der Waals surface area contributed by atoms with Gasteiger partial charge in [0, 0.05) is 0 Å². The van der Waals surface area contributed by atoms with Crippen LogP contribution in [-0.2, 0) is 0 Å². The molecule has 0 aliphatic rings. The summed E-state index contributed by atoms with van der Waals surface area (Å²) >= 11 is 10.2. The van der Waals surface area contributed by atoms with E-state index in [9.17, 15) is 14.0 Å². The van der Waals surface area contributed by atoms with Gasteiger partial charge in [0.1, 0.15) is 5.82 Å². The first kappa shape index (κ1) is 15.0. The van der Waals surface area contributed by atoms with Crippen molar-refractivity contribution in [2.45, 2.75) is 0 Å². The fourth-order valence-electron chi connectivity index (χ4n) is 1.35. The minimum Gasteiger partial charge on any atom is -0.267 e. The number of rotatable bonds is 2. The number of hydrogen-bond acceptors (Lipinski definition) is 3. The van der Waals surface area contributed by atoms with E-state index >= 15 is 0 Å². The van der Waals surface area contributed by atoms with Gasteiger partial charge in [0.05, 0.1) is 19.2 Å². The first-order valence-corrected chi connectivity index (χ1v) is 7.27. The first-order valence-electron chi connectivity index (χ1n) is 5.28. The number of carbonyl (C=O) groups excluding carboxylic acids is 2. The molecular formula is C12H7BrClFN2O2S. The van der Waals surface area contributed by atoms with Crippen molar-refractivity contribution in [1.82, 2.24) is 10.9 Å². The molecule has 0 fully saturated rings. The van der Waals surface area contributed by atoms with Crippen molar-refractivity contribution in [2.75, 3.05) is 0 Å². The SMILES string of the molecule is O=C(NNC(=O)c1ccc(F)cc1Cl)c1ccc(Br)s1. The number of benzene rings is 1. The Kier molecular flexibility index (Phi) is 4.74. The lowest BCUT2D eigenvalue weighted by atomic mass is 10.2. The molecule has 0 saturated carbocycles. The van der Waals surface area contributed by atoms with Crippen molar-refractivity contribution >= 4 is 50.7 Å². The van der Waals surface area contributed by atoms with Crippen molar-refractivity contribution in [3.63, 3.8) is 0 Å². The summed E-state index contributed by atoms with van der Waals surface area (Å²) in [5.41, 5.74) is 4.53. The second-order valence-corrected chi connectivity index (χ2v) is 6.51. The highest BCUT2D eigenvalue weighted by molar-refractivity contribution is 9.11. The molecule has 0 unspecified atom stereocenters. The van der Waals surface area contributed by atoms with Crippen LogP contribution < -0.4 is 10.9 Å². The molecule has 0 spiro atoms. The molecule has 0 bridgehead atoms. The molecule has 0 aliphatic carbocycles. The number of halogens is 3. The molecule has 104 valence electrons. The monoisotopic (exact) mass is 376 g/mol. The number of nitrogens with one attached hydrogen (secondary N) is 2. The van der Waals surface area contributed by atoms with Gasteiger partial charge >= 0.3 is 0 Å². The van der Waals surface area contributed by atoms with Gasteiger partial charge in [-0.2, -0.15) is 0 Å². The summed E-state index contributed by atoms with van der Waals surface area (Å²) < 4.78 is 13.7. The summed E-state index contributed by atoms with van der Waals surface area (Å²) in [6.07, 6.45) is 0. The van der Waals surface area contributed by atoms with Crippen LogP contribution in [0.25, 0.3) is 0 Å². The Labute approximate surface area is 131 Å². The van der Waals surface area contributed by atoms with Crippen LogP contribution in [0.1, 0.15) is 20.0 Å². The van der Waals surface area contributed by atoms with Gasteiger partial charge in [0.25, 0.3) is 11.8 Å². The number of hydrazine groups is 1. The molecule has 0 saturated heterocycles. The van der Waals surface area contributed by atoms with Crippen LogP contribution in [0.2, 0.25) is 5.02 Å². The Morgan fingerprint density at radius 2 is 1.85 bits per heavy atom. The highest BCUT2D eigenvalue weighted by atomic mass is 79.9. The molecular weight excluding hydrogens is 371 g/mol. The van der Waals surface area contributed by atoms with E-state index in [-0.39, 0.29) is 10.6 Å². The van der Waals surface area contributed by atoms with Crippen molar-refractivity contribution in [2.24, 2.45) is 0 Å². The van der Waals surface area contributed by atoms with E-state index in [1.54, 1.807) is 12.1 Å². The van der Waals surface area contributed by atoms with Gasteiger partial charge in [-0.3, -0.25) is 20.4 Å². The molecule has 0 atom stereocenters. The Bertz CT molecular complexity index is 677. The number of amides is 2. The summed E-state index contributed by atoms with van der Waals surface area (Å²) in [5, 5.41) is -0.0318. The lowest BCUT2D eigenvalue weighted by Crippen LogP contribution is -2.41. The maximum atomic E-state index is 12.9. The molecule has 20 heavy (non-hydrogen) atoms. The number of hydrogen-bond donors (Lipinski definition) is 2. The van der Waals surface area contributed by atoms with Crippen molar-refractivity contribution in [1.29, 1.82) is 0 Å². The highest BCUT2D eigenvalue weighted by Gasteiger charge is 2.13. The average Bonchev–Trinajstić information content (AvgIpc) is 2.82. The summed E-state index contributed by atoms with van der Waals surface area (Å²) in [4.78, 5) is 23.9. The zero-order chi connectivity index (χ0) is 14.7. The second-order valence-electron chi connectivity index (χ2n) is 3.64. The normalized spacial score (nSPS) is 10.2. The minimum absolute atomic E-state index is 0.0318. The topological polar surface area (TPSA) is 58.2 Å². The van der Waals surface area contributed by atoms with Crippen LogP contribution in [0.4, 0.5) is 4.39 Å². The molecule has 1 aromatic carbocycles. The maximum absolute atomic E-state index is 12.9. The van der Waals surface area contributed by atoms with Gasteiger partial charge in [0.15, 0.2) is 0 Å². The average molecular weight is 378 g/mol. The van der Waals surface area contributed by atoms with E-state index in [4.69, 9.17) is 11.6 Å². The third-order valence-corrected chi connectivity index (χ3v) is 4.20. The van der Waals surface area contributed by atoms with Gasteiger partial charge in [-0.1, -0.05) is 11.6 Å². The highest BCUT2D eigenvalue weighted by Crippen LogP contribution is 2.21. The third-order valence-electron chi connectivity index (χ3n) is 2.26. The van der Waals surface area contributed by atoms with Crippen LogP contribution >= 0.6 is 38.9 Å². The standard InChI is InChI=1S/C12H7BrClFN2O2S/c13-10-4-3-9(20-10)12(19)17-16-11(18)7-2-1-6(15)5-8(7)14/h1-5H,(H,16,18)(H,17,19). The third kappa shape index (κ3) is 3.56. The van der Waals surface area contributed by atoms with Crippen molar-refractivity contribution in [3.8, 4) is 0 Å². The van der Waals surface area contributed by atoms with Gasteiger partial charge in [0.2, 0.25) is 0 Å². The Hall–Kier alpha value is -1.44. The van der Waals surface area contributed by atoms with E-state index in [1.165, 1.54) is 17.4 Å². The van der Waals surface area contributed by atoms with Gasteiger partial charge in [-0.05, 0) is 46.3 Å². The maximum Gasteiger partial charge on any atom is 0.279 e. The minimum atomic E-state index is -0.626. The molecule has 2 amide bonds. The predicted octanol–water partition coefficient (Wildman–Crippen LogP) is 3.38. The van der Waals surface area contributed by atoms with Crippen LogP contribution in [0.15, 0.2) is 34.1 Å². The molecule has 0 radical (unpaired) electrons. The number of carbonyl (C=O) groups is 2. The Balaban J connectivity index is 2.00. The first-order chi connectivity index (χ1) is 9.47. The smallest absolute Gasteiger partial charge is 0.267 e. The fourth-order valence-corrected chi connectivity index (χ4v) is 2.89. The van der Waals surface area contributed by atoms with Crippen LogP contribution in [0.5, 0.6) is 0 Å². The largest absolute Gasteiger partial charge is 0.279 e. The lowest BCUT2D eigenvalue weighted by Gasteiger charge is -2.07. The van der Waals surface area contributed by atoms with E-state index in [1.807, 2.05) is 0 Å². The van der Waals surface area contributed by atoms with Crippen molar-refractivity contribution < 1.29 is 14.0 Å². The van der Waals surface area contributed by atoms with Gasteiger partial charge < -0.3 is 0 Å². The van der Waals surface area contributed by atoms with Crippen LogP contribution in [-0.4, -0.2) is 11.8 Å². The molecule has 2 rings (SSSR count). The molecule has 0 aliphatic heterocycles. The Morgan fingerprint density at radius 1 is 1.15 bits per heavy atom. The van der Waals surface area contributed by atoms with E-state index in [0.29, 0.717) is 4.88 Å². The van der Waals surface area contributed by atoms with E-state index < -0.39 is 17.6 Å². The van der Waals surface area contributed by atoms with Gasteiger partial charge in [-0.25, -0.2) is 4.39 Å². The fraction of sp³-hybridized carbons (Fsp3) is 0. The zero-order valence-electron chi connectivity index (χ0n) is 9.75. The number of thiophene rings is 1. The summed E-state index contributed by atoms with van der Waals surface area (Å²) in [6.45, 7) is 0. The van der Waals surface area contributed by atoms with Gasteiger partial charge in [-0.15, -0.1) is 11.3 Å². The molecule has 2 aromatic rings. The second kappa shape index (κ2) is 6.34. The molecule has 4 nitrogen and oxygen atoms in total. The Morgan fingerprint density at radius 3 is 2.45 bits per heavy atom. The van der Waals surface area contributed by atoms with E-state index in [2.05, 4.69) is 26.8 Å². The zero-order valence-corrected chi connectivity index (χ0v) is 12.9. The molecule has 1 aromatic heterocycles. The molecule has 8 heteroatoms. The summed E-state index contributed by atoms with van der Waals surface area (Å²) in [6, 6.07) is 6.70. The predicted molar refractivity (Wildman–Crippen MR) is 78.4 cm³/mol. The summed E-state index contributed by atoms with van der Waals surface area (Å²) in [7, 11) is 0.